The van der Waals surface area contributed by atoms with E-state index in [0.29, 0.717) is 38.3 Å². The number of benzene rings is 2. The predicted molar refractivity (Wildman–Crippen MR) is 118 cm³/mol. The monoisotopic (exact) mass is 422 g/mol. The molecule has 1 spiro atoms. The zero-order valence-electron chi connectivity index (χ0n) is 18.2. The summed E-state index contributed by atoms with van der Waals surface area (Å²) >= 11 is 0. The van der Waals surface area contributed by atoms with E-state index in [1.54, 1.807) is 12.1 Å². The summed E-state index contributed by atoms with van der Waals surface area (Å²) in [5.41, 5.74) is 0.581. The third-order valence-electron chi connectivity index (χ3n) is 5.84. The first kappa shape index (κ1) is 21.5. The molecule has 2 aliphatic rings. The summed E-state index contributed by atoms with van der Waals surface area (Å²) in [7, 11) is 0. The van der Waals surface area contributed by atoms with Crippen LogP contribution in [-0.4, -0.2) is 60.3 Å². The molecule has 2 saturated heterocycles. The molecule has 6 heteroatoms. The quantitative estimate of drug-likeness (QED) is 0.805. The minimum atomic E-state index is -0.664. The molecule has 2 atom stereocenters. The maximum absolute atomic E-state index is 13.7. The van der Waals surface area contributed by atoms with Crippen molar-refractivity contribution in [2.24, 2.45) is 0 Å². The molecule has 2 aromatic rings. The van der Waals surface area contributed by atoms with Crippen LogP contribution in [0.4, 0.5) is 0 Å². The first-order valence-electron chi connectivity index (χ1n) is 10.8. The first-order valence-corrected chi connectivity index (χ1v) is 10.8. The summed E-state index contributed by atoms with van der Waals surface area (Å²) in [6.07, 6.45) is 1.19. The van der Waals surface area contributed by atoms with Crippen LogP contribution in [0.15, 0.2) is 60.7 Å². The highest BCUT2D eigenvalue weighted by molar-refractivity contribution is 5.97. The third kappa shape index (κ3) is 5.14. The lowest BCUT2D eigenvalue weighted by atomic mass is 9.93. The summed E-state index contributed by atoms with van der Waals surface area (Å²) < 4.78 is 11.9. The second kappa shape index (κ2) is 8.81. The smallest absolute Gasteiger partial charge is 0.251 e. The molecule has 0 bridgehead atoms. The molecule has 2 heterocycles. The molecule has 164 valence electrons. The Labute approximate surface area is 183 Å². The summed E-state index contributed by atoms with van der Waals surface area (Å²) in [6.45, 7) is 6.07. The van der Waals surface area contributed by atoms with Crippen LogP contribution in [0.25, 0.3) is 0 Å². The molecule has 2 aromatic carbocycles. The number of rotatable bonds is 5. The molecule has 0 aromatic heterocycles. The molecule has 0 unspecified atom stereocenters. The molecule has 6 nitrogen and oxygen atoms in total. The van der Waals surface area contributed by atoms with Crippen LogP contribution < -0.4 is 5.32 Å². The van der Waals surface area contributed by atoms with E-state index in [1.165, 1.54) is 0 Å². The van der Waals surface area contributed by atoms with Gasteiger partial charge in [-0.1, -0.05) is 48.5 Å². The van der Waals surface area contributed by atoms with Gasteiger partial charge in [0.2, 0.25) is 5.91 Å². The summed E-state index contributed by atoms with van der Waals surface area (Å²) in [4.78, 5) is 28.4. The number of amides is 2. The molecule has 1 N–H and O–H groups in total. The van der Waals surface area contributed by atoms with Crippen LogP contribution in [0.5, 0.6) is 0 Å². The standard InChI is InChI=1S/C25H30N2O4/c1-24(2)16-27(17-25(31-24)13-14-30-18-25)23(29)21(15-19-9-5-3-6-10-19)26-22(28)20-11-7-4-8-12-20/h3-12,21H,13-18H2,1-2H3,(H,26,28)/t21-,25+/m0/s1. The molecule has 31 heavy (non-hydrogen) atoms. The van der Waals surface area contributed by atoms with E-state index in [2.05, 4.69) is 5.32 Å². The van der Waals surface area contributed by atoms with Gasteiger partial charge in [0.25, 0.3) is 5.91 Å². The summed E-state index contributed by atoms with van der Waals surface area (Å²) in [6, 6.07) is 18.1. The molecule has 0 aliphatic carbocycles. The fraction of sp³-hybridized carbons (Fsp3) is 0.440. The van der Waals surface area contributed by atoms with Crippen LogP contribution in [-0.2, 0) is 20.7 Å². The zero-order chi connectivity index (χ0) is 21.9. The number of ether oxygens (including phenoxy) is 2. The van der Waals surface area contributed by atoms with Gasteiger partial charge in [-0.15, -0.1) is 0 Å². The van der Waals surface area contributed by atoms with Gasteiger partial charge >= 0.3 is 0 Å². The minimum absolute atomic E-state index is 0.0872. The molecule has 0 saturated carbocycles. The third-order valence-corrected chi connectivity index (χ3v) is 5.84. The van der Waals surface area contributed by atoms with Crippen LogP contribution >= 0.6 is 0 Å². The van der Waals surface area contributed by atoms with Crippen molar-refractivity contribution >= 4 is 11.8 Å². The minimum Gasteiger partial charge on any atom is -0.378 e. The van der Waals surface area contributed by atoms with Gasteiger partial charge in [0.1, 0.15) is 11.6 Å². The molecule has 2 amide bonds. The van der Waals surface area contributed by atoms with E-state index in [0.717, 1.165) is 12.0 Å². The highest BCUT2D eigenvalue weighted by Gasteiger charge is 2.48. The molecular formula is C25H30N2O4. The van der Waals surface area contributed by atoms with E-state index in [9.17, 15) is 9.59 Å². The zero-order valence-corrected chi connectivity index (χ0v) is 18.2. The SMILES string of the molecule is CC1(C)CN(C(=O)[C@H](Cc2ccccc2)NC(=O)c2ccccc2)C[C@@]2(CCOC2)O1. The Morgan fingerprint density at radius 2 is 1.71 bits per heavy atom. The molecule has 4 rings (SSSR count). The normalized spacial score (nSPS) is 23.5. The number of hydrogen-bond acceptors (Lipinski definition) is 4. The number of morpholine rings is 1. The molecular weight excluding hydrogens is 392 g/mol. The fourth-order valence-electron chi connectivity index (χ4n) is 4.56. The van der Waals surface area contributed by atoms with Crippen molar-refractivity contribution < 1.29 is 19.1 Å². The van der Waals surface area contributed by atoms with Crippen molar-refractivity contribution in [3.63, 3.8) is 0 Å². The van der Waals surface area contributed by atoms with Gasteiger partial charge in [0.05, 0.1) is 18.8 Å². The average molecular weight is 423 g/mol. The molecule has 2 fully saturated rings. The summed E-state index contributed by atoms with van der Waals surface area (Å²) in [5, 5.41) is 2.98. The number of nitrogens with one attached hydrogen (secondary N) is 1. The second-order valence-corrected chi connectivity index (χ2v) is 9.12. The average Bonchev–Trinajstić information content (AvgIpc) is 3.19. The number of nitrogens with zero attached hydrogens (tertiary/aromatic N) is 1. The Bertz CT molecular complexity index is 908. The van der Waals surface area contributed by atoms with Crippen molar-refractivity contribution in [1.82, 2.24) is 10.2 Å². The lowest BCUT2D eigenvalue weighted by Gasteiger charge is -2.48. The predicted octanol–water partition coefficient (Wildman–Crippen LogP) is 2.82. The van der Waals surface area contributed by atoms with Crippen LogP contribution in [0, 0.1) is 0 Å². The van der Waals surface area contributed by atoms with E-state index in [4.69, 9.17) is 9.47 Å². The highest BCUT2D eigenvalue weighted by Crippen LogP contribution is 2.35. The van der Waals surface area contributed by atoms with Crippen molar-refractivity contribution in [2.45, 2.75) is 43.9 Å². The second-order valence-electron chi connectivity index (χ2n) is 9.12. The molecule has 0 radical (unpaired) electrons. The Hall–Kier alpha value is -2.70. The number of carbonyl (C=O) groups is 2. The Balaban J connectivity index is 1.57. The lowest BCUT2D eigenvalue weighted by molar-refractivity contribution is -0.200. The van der Waals surface area contributed by atoms with Crippen molar-refractivity contribution in [1.29, 1.82) is 0 Å². The van der Waals surface area contributed by atoms with Crippen molar-refractivity contribution in [3.8, 4) is 0 Å². The van der Waals surface area contributed by atoms with Gasteiger partial charge in [-0.25, -0.2) is 0 Å². The number of hydrogen-bond donors (Lipinski definition) is 1. The van der Waals surface area contributed by atoms with E-state index < -0.39 is 17.2 Å². The van der Waals surface area contributed by atoms with E-state index >= 15 is 0 Å². The first-order chi connectivity index (χ1) is 14.9. The highest BCUT2D eigenvalue weighted by atomic mass is 16.6. The Morgan fingerprint density at radius 1 is 1.03 bits per heavy atom. The van der Waals surface area contributed by atoms with Gasteiger partial charge in [0, 0.05) is 31.6 Å². The van der Waals surface area contributed by atoms with Crippen LogP contribution in [0.2, 0.25) is 0 Å². The van der Waals surface area contributed by atoms with Crippen molar-refractivity contribution in [3.05, 3.63) is 71.8 Å². The fourth-order valence-corrected chi connectivity index (χ4v) is 4.56. The lowest BCUT2D eigenvalue weighted by Crippen LogP contribution is -2.64. The van der Waals surface area contributed by atoms with Gasteiger partial charge in [-0.05, 0) is 31.5 Å². The topological polar surface area (TPSA) is 67.9 Å². The van der Waals surface area contributed by atoms with Gasteiger partial charge in [0.15, 0.2) is 0 Å². The van der Waals surface area contributed by atoms with Gasteiger partial charge in [-0.3, -0.25) is 9.59 Å². The summed E-state index contributed by atoms with van der Waals surface area (Å²) in [5.74, 6) is -0.336. The largest absolute Gasteiger partial charge is 0.378 e. The van der Waals surface area contributed by atoms with Crippen molar-refractivity contribution in [2.75, 3.05) is 26.3 Å². The Morgan fingerprint density at radius 3 is 2.35 bits per heavy atom. The van der Waals surface area contributed by atoms with E-state index in [1.807, 2.05) is 67.3 Å². The van der Waals surface area contributed by atoms with Gasteiger partial charge < -0.3 is 19.7 Å². The Kier molecular flexibility index (Phi) is 6.12. The van der Waals surface area contributed by atoms with Crippen LogP contribution in [0.3, 0.4) is 0 Å². The maximum Gasteiger partial charge on any atom is 0.251 e. The van der Waals surface area contributed by atoms with E-state index in [-0.39, 0.29) is 11.8 Å². The molecule has 2 aliphatic heterocycles. The van der Waals surface area contributed by atoms with Crippen LogP contribution in [0.1, 0.15) is 36.2 Å². The maximum atomic E-state index is 13.7. The van der Waals surface area contributed by atoms with Gasteiger partial charge in [-0.2, -0.15) is 0 Å². The number of carbonyl (C=O) groups excluding carboxylic acids is 2.